The highest BCUT2D eigenvalue weighted by molar-refractivity contribution is 7.94. The van der Waals surface area contributed by atoms with Crippen LogP contribution in [0.2, 0.25) is 0 Å². The molecule has 0 aromatic carbocycles. The Labute approximate surface area is 119 Å². The molecule has 2 N–H and O–H groups in total. The first-order valence-corrected chi connectivity index (χ1v) is 8.99. The van der Waals surface area contributed by atoms with Crippen LogP contribution in [0.3, 0.4) is 0 Å². The van der Waals surface area contributed by atoms with Gasteiger partial charge in [-0.1, -0.05) is 0 Å². The van der Waals surface area contributed by atoms with Gasteiger partial charge in [0, 0.05) is 11.3 Å². The molecule has 1 saturated carbocycles. The molecule has 0 saturated heterocycles. The van der Waals surface area contributed by atoms with Crippen molar-refractivity contribution in [3.05, 3.63) is 28.1 Å². The molecule has 0 bridgehead atoms. The molecule has 0 aliphatic heterocycles. The molecular formula is C11H12N2O3S3. The molecule has 2 aromatic heterocycles. The van der Waals surface area contributed by atoms with Crippen LogP contribution in [0.1, 0.15) is 30.0 Å². The normalized spacial score (nSPS) is 15.6. The molecule has 8 heteroatoms. The molecule has 1 aliphatic carbocycles. The Bertz CT molecular complexity index is 686. The average Bonchev–Trinajstić information content (AvgIpc) is 2.92. The summed E-state index contributed by atoms with van der Waals surface area (Å²) in [5.41, 5.74) is 1.58. The highest BCUT2D eigenvalue weighted by Crippen LogP contribution is 2.41. The second kappa shape index (κ2) is 4.86. The van der Waals surface area contributed by atoms with Crippen LogP contribution in [0.25, 0.3) is 0 Å². The summed E-state index contributed by atoms with van der Waals surface area (Å²) in [6.07, 6.45) is 2.28. The van der Waals surface area contributed by atoms with E-state index in [0.717, 1.165) is 29.9 Å². The molecule has 0 atom stereocenters. The lowest BCUT2D eigenvalue weighted by Gasteiger charge is -2.01. The number of nitrogens with zero attached hydrogens (tertiary/aromatic N) is 1. The summed E-state index contributed by atoms with van der Waals surface area (Å²) in [4.78, 5) is 4.29. The second-order valence-electron chi connectivity index (χ2n) is 4.39. The smallest absolute Gasteiger partial charge is 0.273 e. The van der Waals surface area contributed by atoms with Crippen molar-refractivity contribution in [2.24, 2.45) is 0 Å². The fourth-order valence-electron chi connectivity index (χ4n) is 1.64. The van der Waals surface area contributed by atoms with Crippen molar-refractivity contribution in [2.75, 3.05) is 4.72 Å². The predicted molar refractivity (Wildman–Crippen MR) is 75.1 cm³/mol. The van der Waals surface area contributed by atoms with Crippen LogP contribution in [-0.2, 0) is 16.6 Å². The summed E-state index contributed by atoms with van der Waals surface area (Å²) in [6, 6.07) is 1.47. The zero-order valence-electron chi connectivity index (χ0n) is 9.87. The molecule has 5 nitrogen and oxygen atoms in total. The Kier molecular flexibility index (Phi) is 3.34. The molecule has 0 spiro atoms. The lowest BCUT2D eigenvalue weighted by Crippen LogP contribution is -2.11. The van der Waals surface area contributed by atoms with E-state index in [1.165, 1.54) is 17.4 Å². The van der Waals surface area contributed by atoms with E-state index in [9.17, 15) is 8.42 Å². The SMILES string of the molecule is O=S(=O)(Nc1nc(C2CC2)cs1)c1cc(CO)cs1. The van der Waals surface area contributed by atoms with Gasteiger partial charge in [-0.25, -0.2) is 13.4 Å². The van der Waals surface area contributed by atoms with Crippen LogP contribution in [0.5, 0.6) is 0 Å². The third-order valence-corrected chi connectivity index (χ3v) is 6.55. The highest BCUT2D eigenvalue weighted by atomic mass is 32.2. The Morgan fingerprint density at radius 1 is 1.37 bits per heavy atom. The molecule has 1 fully saturated rings. The van der Waals surface area contributed by atoms with Crippen LogP contribution in [0.15, 0.2) is 21.0 Å². The zero-order chi connectivity index (χ0) is 13.5. The van der Waals surface area contributed by atoms with Crippen molar-refractivity contribution in [1.82, 2.24) is 4.98 Å². The van der Waals surface area contributed by atoms with Gasteiger partial charge in [-0.05, 0) is 29.9 Å². The van der Waals surface area contributed by atoms with Gasteiger partial charge in [0.15, 0.2) is 5.13 Å². The van der Waals surface area contributed by atoms with Crippen molar-refractivity contribution in [1.29, 1.82) is 0 Å². The van der Waals surface area contributed by atoms with Gasteiger partial charge in [-0.2, -0.15) is 0 Å². The van der Waals surface area contributed by atoms with Gasteiger partial charge in [-0.3, -0.25) is 4.72 Å². The van der Waals surface area contributed by atoms with Crippen molar-refractivity contribution < 1.29 is 13.5 Å². The van der Waals surface area contributed by atoms with Crippen LogP contribution in [0.4, 0.5) is 5.13 Å². The summed E-state index contributed by atoms with van der Waals surface area (Å²) in [6.45, 7) is -0.158. The standard InChI is InChI=1S/C11H12N2O3S3/c14-4-7-3-10(17-5-7)19(15,16)13-11-12-9(6-18-11)8-1-2-8/h3,5-6,8,14H,1-2,4H2,(H,12,13). The van der Waals surface area contributed by atoms with Gasteiger partial charge < -0.3 is 5.11 Å². The fourth-order valence-corrected chi connectivity index (χ4v) is 4.89. The maximum Gasteiger partial charge on any atom is 0.273 e. The largest absolute Gasteiger partial charge is 0.392 e. The monoisotopic (exact) mass is 316 g/mol. The molecule has 1 aliphatic rings. The summed E-state index contributed by atoms with van der Waals surface area (Å²) in [7, 11) is -3.59. The maximum atomic E-state index is 12.1. The maximum absolute atomic E-state index is 12.1. The van der Waals surface area contributed by atoms with Gasteiger partial charge in [0.05, 0.1) is 12.3 Å². The number of aliphatic hydroxyl groups excluding tert-OH is 1. The lowest BCUT2D eigenvalue weighted by molar-refractivity contribution is 0.282. The van der Waals surface area contributed by atoms with Crippen molar-refractivity contribution in [2.45, 2.75) is 29.6 Å². The Hall–Kier alpha value is -0.960. The van der Waals surface area contributed by atoms with Gasteiger partial charge in [0.25, 0.3) is 10.0 Å². The number of thiophene rings is 1. The topological polar surface area (TPSA) is 79.3 Å². The molecule has 0 radical (unpaired) electrons. The predicted octanol–water partition coefficient (Wildman–Crippen LogP) is 2.38. The number of aromatic nitrogens is 1. The molecule has 0 amide bonds. The Balaban J connectivity index is 1.79. The quantitative estimate of drug-likeness (QED) is 0.887. The van der Waals surface area contributed by atoms with Crippen LogP contribution < -0.4 is 4.72 Å². The summed E-state index contributed by atoms with van der Waals surface area (Å²) in [5.74, 6) is 0.511. The second-order valence-corrected chi connectivity index (χ2v) is 8.07. The molecule has 102 valence electrons. The van der Waals surface area contributed by atoms with Crippen molar-refractivity contribution >= 4 is 37.8 Å². The van der Waals surface area contributed by atoms with E-state index in [2.05, 4.69) is 9.71 Å². The molecule has 3 rings (SSSR count). The Morgan fingerprint density at radius 2 is 2.16 bits per heavy atom. The molecule has 0 unspecified atom stereocenters. The van der Waals surface area contributed by atoms with E-state index < -0.39 is 10.0 Å². The number of hydrogen-bond donors (Lipinski definition) is 2. The number of nitrogens with one attached hydrogen (secondary N) is 1. The van der Waals surface area contributed by atoms with E-state index in [-0.39, 0.29) is 10.8 Å². The van der Waals surface area contributed by atoms with Crippen molar-refractivity contribution in [3.8, 4) is 0 Å². The van der Waals surface area contributed by atoms with Gasteiger partial charge in [0.1, 0.15) is 4.21 Å². The number of sulfonamides is 1. The number of rotatable bonds is 5. The zero-order valence-corrected chi connectivity index (χ0v) is 12.3. The van der Waals surface area contributed by atoms with E-state index >= 15 is 0 Å². The first-order valence-electron chi connectivity index (χ1n) is 5.75. The summed E-state index contributed by atoms with van der Waals surface area (Å²) >= 11 is 2.40. The van der Waals surface area contributed by atoms with Crippen molar-refractivity contribution in [3.63, 3.8) is 0 Å². The minimum atomic E-state index is -3.59. The summed E-state index contributed by atoms with van der Waals surface area (Å²) < 4.78 is 26.9. The highest BCUT2D eigenvalue weighted by Gasteiger charge is 2.27. The van der Waals surface area contributed by atoms with E-state index in [0.29, 0.717) is 16.6 Å². The van der Waals surface area contributed by atoms with Crippen LogP contribution >= 0.6 is 22.7 Å². The van der Waals surface area contributed by atoms with Gasteiger partial charge in [0.2, 0.25) is 0 Å². The Morgan fingerprint density at radius 3 is 2.79 bits per heavy atom. The van der Waals surface area contributed by atoms with E-state index in [1.807, 2.05) is 5.38 Å². The third-order valence-electron chi connectivity index (χ3n) is 2.82. The number of anilines is 1. The number of thiazole rings is 1. The first kappa shape index (κ1) is 13.0. The number of aliphatic hydroxyl groups is 1. The number of hydrogen-bond acceptors (Lipinski definition) is 6. The fraction of sp³-hybridized carbons (Fsp3) is 0.364. The van der Waals surface area contributed by atoms with Gasteiger partial charge in [-0.15, -0.1) is 22.7 Å². The van der Waals surface area contributed by atoms with E-state index in [1.54, 1.807) is 5.38 Å². The molecule has 19 heavy (non-hydrogen) atoms. The average molecular weight is 316 g/mol. The minimum absolute atomic E-state index is 0.158. The molecule has 2 heterocycles. The lowest BCUT2D eigenvalue weighted by atomic mass is 10.3. The third kappa shape index (κ3) is 2.81. The van der Waals surface area contributed by atoms with Crippen LogP contribution in [0, 0.1) is 0 Å². The minimum Gasteiger partial charge on any atom is -0.392 e. The molecule has 2 aromatic rings. The van der Waals surface area contributed by atoms with Gasteiger partial charge >= 0.3 is 0 Å². The summed E-state index contributed by atoms with van der Waals surface area (Å²) in [5, 5.41) is 12.9. The molecular weight excluding hydrogens is 304 g/mol. The van der Waals surface area contributed by atoms with E-state index in [4.69, 9.17) is 5.11 Å². The van der Waals surface area contributed by atoms with Crippen LogP contribution in [-0.4, -0.2) is 18.5 Å². The first-order chi connectivity index (χ1) is 9.08.